The molecule has 9 nitrogen and oxygen atoms in total. The average molecular weight is 393 g/mol. The molecule has 0 fully saturated rings. The summed E-state index contributed by atoms with van der Waals surface area (Å²) in [4.78, 5) is 22.7. The second-order valence-corrected chi connectivity index (χ2v) is 7.70. The summed E-state index contributed by atoms with van der Waals surface area (Å²) in [7, 11) is -2.61. The van der Waals surface area contributed by atoms with Crippen molar-refractivity contribution in [3.05, 3.63) is 58.1 Å². The molecule has 10 heteroatoms. The van der Waals surface area contributed by atoms with Crippen molar-refractivity contribution < 1.29 is 22.9 Å². The SMILES string of the molecule is COc1ccc([N+](=O)[O-])cc1N(CC(=O)Nc1ccc(C)cc1)S(C)(=O)=O. The van der Waals surface area contributed by atoms with Gasteiger partial charge >= 0.3 is 0 Å². The summed E-state index contributed by atoms with van der Waals surface area (Å²) in [5, 5.41) is 13.6. The van der Waals surface area contributed by atoms with E-state index in [1.807, 2.05) is 6.92 Å². The third-order valence-electron chi connectivity index (χ3n) is 3.66. The molecular formula is C17H19N3O6S. The molecule has 0 aliphatic heterocycles. The number of nitro benzene ring substituents is 1. The van der Waals surface area contributed by atoms with Gasteiger partial charge in [-0.15, -0.1) is 0 Å². The van der Waals surface area contributed by atoms with E-state index in [4.69, 9.17) is 4.74 Å². The van der Waals surface area contributed by atoms with E-state index in [9.17, 15) is 23.3 Å². The number of hydrogen-bond acceptors (Lipinski definition) is 6. The first-order chi connectivity index (χ1) is 12.6. The maximum Gasteiger partial charge on any atom is 0.271 e. The maximum absolute atomic E-state index is 12.4. The fraction of sp³-hybridized carbons (Fsp3) is 0.235. The Morgan fingerprint density at radius 1 is 1.22 bits per heavy atom. The number of carbonyl (C=O) groups excluding carboxylic acids is 1. The molecule has 0 atom stereocenters. The number of anilines is 2. The van der Waals surface area contributed by atoms with Crippen molar-refractivity contribution >= 4 is 33.0 Å². The summed E-state index contributed by atoms with van der Waals surface area (Å²) in [5.41, 5.74) is 1.10. The van der Waals surface area contributed by atoms with Crippen molar-refractivity contribution in [1.82, 2.24) is 0 Å². The normalized spacial score (nSPS) is 10.9. The summed E-state index contributed by atoms with van der Waals surface area (Å²) in [6, 6.07) is 10.5. The highest BCUT2D eigenvalue weighted by molar-refractivity contribution is 7.92. The molecule has 0 aliphatic carbocycles. The lowest BCUT2D eigenvalue weighted by Crippen LogP contribution is -2.37. The van der Waals surface area contributed by atoms with Gasteiger partial charge in [0.15, 0.2) is 0 Å². The first-order valence-corrected chi connectivity index (χ1v) is 9.63. The molecule has 144 valence electrons. The van der Waals surface area contributed by atoms with Crippen molar-refractivity contribution in [2.75, 3.05) is 29.5 Å². The van der Waals surface area contributed by atoms with Crippen LogP contribution in [0.3, 0.4) is 0 Å². The van der Waals surface area contributed by atoms with Crippen LogP contribution in [0.4, 0.5) is 17.1 Å². The van der Waals surface area contributed by atoms with E-state index >= 15 is 0 Å². The largest absolute Gasteiger partial charge is 0.495 e. The second kappa shape index (κ2) is 8.04. The molecule has 0 aromatic heterocycles. The van der Waals surface area contributed by atoms with Crippen LogP contribution in [0.15, 0.2) is 42.5 Å². The van der Waals surface area contributed by atoms with Gasteiger partial charge in [0, 0.05) is 17.8 Å². The number of benzene rings is 2. The Labute approximate surface area is 156 Å². The zero-order valence-corrected chi connectivity index (χ0v) is 15.8. The van der Waals surface area contributed by atoms with Crippen LogP contribution >= 0.6 is 0 Å². The zero-order chi connectivity index (χ0) is 20.2. The lowest BCUT2D eigenvalue weighted by molar-refractivity contribution is -0.384. The van der Waals surface area contributed by atoms with E-state index in [-0.39, 0.29) is 17.1 Å². The van der Waals surface area contributed by atoms with Crippen molar-refractivity contribution in [1.29, 1.82) is 0 Å². The molecule has 2 aromatic carbocycles. The number of nitrogens with one attached hydrogen (secondary N) is 1. The maximum atomic E-state index is 12.4. The van der Waals surface area contributed by atoms with Gasteiger partial charge in [-0.25, -0.2) is 8.42 Å². The predicted octanol–water partition coefficient (Wildman–Crippen LogP) is 2.32. The summed E-state index contributed by atoms with van der Waals surface area (Å²) < 4.78 is 30.3. The highest BCUT2D eigenvalue weighted by Crippen LogP contribution is 2.33. The standard InChI is InChI=1S/C17H19N3O6S/c1-12-4-6-13(7-5-12)18-17(21)11-19(27(3,24)25)15-10-14(20(22)23)8-9-16(15)26-2/h4-10H,11H2,1-3H3,(H,18,21). The molecule has 2 rings (SSSR count). The molecule has 0 heterocycles. The van der Waals surface area contributed by atoms with Gasteiger partial charge < -0.3 is 10.1 Å². The fourth-order valence-electron chi connectivity index (χ4n) is 2.34. The minimum atomic E-state index is -3.92. The van der Waals surface area contributed by atoms with Crippen LogP contribution in [-0.2, 0) is 14.8 Å². The topological polar surface area (TPSA) is 119 Å². The van der Waals surface area contributed by atoms with Gasteiger partial charge in [-0.05, 0) is 25.1 Å². The van der Waals surface area contributed by atoms with Gasteiger partial charge in [0.2, 0.25) is 15.9 Å². The molecule has 2 aromatic rings. The Kier molecular flexibility index (Phi) is 6.01. The van der Waals surface area contributed by atoms with E-state index in [0.29, 0.717) is 5.69 Å². The number of carbonyl (C=O) groups is 1. The number of sulfonamides is 1. The lowest BCUT2D eigenvalue weighted by atomic mass is 10.2. The van der Waals surface area contributed by atoms with E-state index in [0.717, 1.165) is 22.2 Å². The number of nitrogens with zero attached hydrogens (tertiary/aromatic N) is 2. The number of nitro groups is 1. The molecule has 0 unspecified atom stereocenters. The van der Waals surface area contributed by atoms with Crippen LogP contribution in [0.2, 0.25) is 0 Å². The minimum Gasteiger partial charge on any atom is -0.495 e. The number of methoxy groups -OCH3 is 1. The Morgan fingerprint density at radius 2 is 1.85 bits per heavy atom. The first-order valence-electron chi connectivity index (χ1n) is 7.78. The molecular weight excluding hydrogens is 374 g/mol. The van der Waals surface area contributed by atoms with Gasteiger partial charge in [-0.2, -0.15) is 0 Å². The fourth-order valence-corrected chi connectivity index (χ4v) is 3.19. The quantitative estimate of drug-likeness (QED) is 0.569. The molecule has 0 spiro atoms. The van der Waals surface area contributed by atoms with Crippen molar-refractivity contribution in [2.45, 2.75) is 6.92 Å². The molecule has 0 saturated heterocycles. The van der Waals surface area contributed by atoms with Crippen molar-refractivity contribution in [3.8, 4) is 5.75 Å². The van der Waals surface area contributed by atoms with E-state index in [2.05, 4.69) is 5.32 Å². The third kappa shape index (κ3) is 5.17. The van der Waals surface area contributed by atoms with Crippen LogP contribution in [0.25, 0.3) is 0 Å². The zero-order valence-electron chi connectivity index (χ0n) is 15.0. The van der Waals surface area contributed by atoms with E-state index in [1.165, 1.54) is 19.2 Å². The van der Waals surface area contributed by atoms with E-state index < -0.39 is 27.4 Å². The number of rotatable bonds is 7. The molecule has 0 bridgehead atoms. The van der Waals surface area contributed by atoms with Crippen molar-refractivity contribution in [2.24, 2.45) is 0 Å². The van der Waals surface area contributed by atoms with Gasteiger partial charge in [0.05, 0.1) is 18.3 Å². The van der Waals surface area contributed by atoms with Crippen molar-refractivity contribution in [3.63, 3.8) is 0 Å². The van der Waals surface area contributed by atoms with Gasteiger partial charge in [0.1, 0.15) is 18.0 Å². The number of hydrogen-bond donors (Lipinski definition) is 1. The highest BCUT2D eigenvalue weighted by Gasteiger charge is 2.26. The number of non-ortho nitro benzene ring substituents is 1. The summed E-state index contributed by atoms with van der Waals surface area (Å²) >= 11 is 0. The molecule has 1 amide bonds. The van der Waals surface area contributed by atoms with Gasteiger partial charge in [-0.1, -0.05) is 17.7 Å². The number of amides is 1. The van der Waals surface area contributed by atoms with Crippen LogP contribution in [0, 0.1) is 17.0 Å². The summed E-state index contributed by atoms with van der Waals surface area (Å²) in [5.74, 6) is -0.507. The Morgan fingerprint density at radius 3 is 2.37 bits per heavy atom. The highest BCUT2D eigenvalue weighted by atomic mass is 32.2. The predicted molar refractivity (Wildman–Crippen MR) is 102 cm³/mol. The van der Waals surface area contributed by atoms with Crippen LogP contribution in [0.5, 0.6) is 5.75 Å². The molecule has 0 radical (unpaired) electrons. The molecule has 1 N–H and O–H groups in total. The average Bonchev–Trinajstić information content (AvgIpc) is 2.60. The summed E-state index contributed by atoms with van der Waals surface area (Å²) in [6.07, 6.45) is 0.907. The first kappa shape index (κ1) is 20.2. The molecule has 27 heavy (non-hydrogen) atoms. The van der Waals surface area contributed by atoms with Crippen LogP contribution in [-0.4, -0.2) is 39.2 Å². The van der Waals surface area contributed by atoms with Crippen LogP contribution in [0.1, 0.15) is 5.56 Å². The third-order valence-corrected chi connectivity index (χ3v) is 4.79. The van der Waals surface area contributed by atoms with E-state index in [1.54, 1.807) is 24.3 Å². The van der Waals surface area contributed by atoms with Gasteiger partial charge in [0.25, 0.3) is 5.69 Å². The minimum absolute atomic E-state index is 0.0896. The van der Waals surface area contributed by atoms with Crippen LogP contribution < -0.4 is 14.4 Å². The number of aryl methyl sites for hydroxylation is 1. The summed E-state index contributed by atoms with van der Waals surface area (Å²) in [6.45, 7) is 1.33. The Balaban J connectivity index is 2.36. The Hall–Kier alpha value is -3.14. The molecule has 0 saturated carbocycles. The second-order valence-electron chi connectivity index (χ2n) is 5.80. The Bertz CT molecular complexity index is 957. The molecule has 0 aliphatic rings. The monoisotopic (exact) mass is 393 g/mol. The number of ether oxygens (including phenoxy) is 1. The van der Waals surface area contributed by atoms with Gasteiger partial charge in [-0.3, -0.25) is 19.2 Å². The smallest absolute Gasteiger partial charge is 0.271 e. The lowest BCUT2D eigenvalue weighted by Gasteiger charge is -2.23.